The molecule has 0 aliphatic rings. The number of amides is 1. The molecule has 2 N–H and O–H groups in total. The van der Waals surface area contributed by atoms with Gasteiger partial charge in [0.15, 0.2) is 0 Å². The Hall–Kier alpha value is -1.51. The van der Waals surface area contributed by atoms with Gasteiger partial charge in [0.2, 0.25) is 6.41 Å². The average Bonchev–Trinajstić information content (AvgIpc) is 2.05. The standard InChI is InChI=1S/C8H12N2O/c1-4-7(9-3)8(5-2)10-6-11/h4-6,9H,1-2H2,3H3,(H,10,11)/b8-7-. The van der Waals surface area contributed by atoms with E-state index in [2.05, 4.69) is 23.8 Å². The normalized spacial score (nSPS) is 11.0. The van der Waals surface area contributed by atoms with Crippen LogP contribution in [0.5, 0.6) is 0 Å². The van der Waals surface area contributed by atoms with Crippen LogP contribution in [0.2, 0.25) is 0 Å². The fourth-order valence-electron chi connectivity index (χ4n) is 0.657. The van der Waals surface area contributed by atoms with Crippen LogP contribution in [-0.2, 0) is 4.79 Å². The summed E-state index contributed by atoms with van der Waals surface area (Å²) >= 11 is 0. The molecule has 0 saturated carbocycles. The molecule has 0 atom stereocenters. The van der Waals surface area contributed by atoms with Gasteiger partial charge in [-0.25, -0.2) is 0 Å². The van der Waals surface area contributed by atoms with Gasteiger partial charge in [-0.05, 0) is 12.2 Å². The third kappa shape index (κ3) is 2.71. The summed E-state index contributed by atoms with van der Waals surface area (Å²) < 4.78 is 0. The molecule has 0 aliphatic carbocycles. The van der Waals surface area contributed by atoms with Gasteiger partial charge in [0.25, 0.3) is 0 Å². The summed E-state index contributed by atoms with van der Waals surface area (Å²) in [5, 5.41) is 5.34. The van der Waals surface area contributed by atoms with Gasteiger partial charge < -0.3 is 10.6 Å². The molecule has 3 nitrogen and oxygen atoms in total. The third-order valence-electron chi connectivity index (χ3n) is 1.18. The second kappa shape index (κ2) is 5.29. The molecule has 0 bridgehead atoms. The first kappa shape index (κ1) is 9.49. The molecule has 0 unspecified atom stereocenters. The summed E-state index contributed by atoms with van der Waals surface area (Å²) in [6.07, 6.45) is 3.74. The first-order valence-corrected chi connectivity index (χ1v) is 3.17. The van der Waals surface area contributed by atoms with E-state index in [4.69, 9.17) is 0 Å². The van der Waals surface area contributed by atoms with Crippen LogP contribution in [0, 0.1) is 0 Å². The lowest BCUT2D eigenvalue weighted by atomic mass is 10.3. The number of carbonyl (C=O) groups excluding carboxylic acids is 1. The Kier molecular flexibility index (Phi) is 4.56. The van der Waals surface area contributed by atoms with Gasteiger partial charge in [0.05, 0.1) is 11.4 Å². The van der Waals surface area contributed by atoms with Crippen molar-refractivity contribution in [3.05, 3.63) is 36.7 Å². The van der Waals surface area contributed by atoms with Crippen molar-refractivity contribution in [2.24, 2.45) is 0 Å². The zero-order valence-electron chi connectivity index (χ0n) is 6.55. The highest BCUT2D eigenvalue weighted by molar-refractivity contribution is 5.53. The highest BCUT2D eigenvalue weighted by Gasteiger charge is 1.94. The zero-order valence-corrected chi connectivity index (χ0v) is 6.55. The number of nitrogens with one attached hydrogen (secondary N) is 2. The zero-order chi connectivity index (χ0) is 8.69. The van der Waals surface area contributed by atoms with Crippen LogP contribution in [0.3, 0.4) is 0 Å². The minimum absolute atomic E-state index is 0.595. The lowest BCUT2D eigenvalue weighted by molar-refractivity contribution is -0.108. The molecule has 1 amide bonds. The second-order valence-electron chi connectivity index (χ2n) is 1.75. The molecule has 0 fully saturated rings. The van der Waals surface area contributed by atoms with E-state index in [0.29, 0.717) is 12.1 Å². The van der Waals surface area contributed by atoms with Crippen molar-refractivity contribution in [1.29, 1.82) is 0 Å². The molecular formula is C8H12N2O. The molecule has 60 valence electrons. The molecule has 0 rings (SSSR count). The number of hydrogen-bond acceptors (Lipinski definition) is 2. The Bertz CT molecular complexity index is 194. The molecule has 0 saturated heterocycles. The quantitative estimate of drug-likeness (QED) is 0.446. The van der Waals surface area contributed by atoms with Crippen LogP contribution in [0.1, 0.15) is 0 Å². The first-order chi connectivity index (χ1) is 5.29. The van der Waals surface area contributed by atoms with E-state index in [1.165, 1.54) is 0 Å². The fraction of sp³-hybridized carbons (Fsp3) is 0.125. The molecule has 0 aromatic rings. The Morgan fingerprint density at radius 2 is 1.82 bits per heavy atom. The minimum atomic E-state index is 0.595. The van der Waals surface area contributed by atoms with Crippen LogP contribution in [0.4, 0.5) is 0 Å². The number of carbonyl (C=O) groups is 1. The van der Waals surface area contributed by atoms with E-state index in [1.807, 2.05) is 0 Å². The lowest BCUT2D eigenvalue weighted by Gasteiger charge is -2.05. The molecular weight excluding hydrogens is 140 g/mol. The first-order valence-electron chi connectivity index (χ1n) is 3.17. The van der Waals surface area contributed by atoms with E-state index in [1.54, 1.807) is 19.2 Å². The van der Waals surface area contributed by atoms with Crippen molar-refractivity contribution in [2.75, 3.05) is 7.05 Å². The number of allylic oxidation sites excluding steroid dienone is 2. The van der Waals surface area contributed by atoms with Crippen molar-refractivity contribution in [2.45, 2.75) is 0 Å². The number of rotatable bonds is 5. The molecule has 0 aromatic carbocycles. The predicted molar refractivity (Wildman–Crippen MR) is 45.7 cm³/mol. The minimum Gasteiger partial charge on any atom is -0.386 e. The monoisotopic (exact) mass is 152 g/mol. The van der Waals surface area contributed by atoms with Gasteiger partial charge >= 0.3 is 0 Å². The number of likely N-dealkylation sites (N-methyl/N-ethyl adjacent to an activating group) is 1. The van der Waals surface area contributed by atoms with E-state index in [-0.39, 0.29) is 0 Å². The maximum absolute atomic E-state index is 10.1. The molecule has 0 radical (unpaired) electrons. The van der Waals surface area contributed by atoms with Gasteiger partial charge in [-0.1, -0.05) is 13.2 Å². The summed E-state index contributed by atoms with van der Waals surface area (Å²) in [5.74, 6) is 0. The Morgan fingerprint density at radius 3 is 2.09 bits per heavy atom. The van der Waals surface area contributed by atoms with Gasteiger partial charge in [0, 0.05) is 7.05 Å². The van der Waals surface area contributed by atoms with Gasteiger partial charge in [-0.2, -0.15) is 0 Å². The van der Waals surface area contributed by atoms with Gasteiger partial charge in [-0.3, -0.25) is 4.79 Å². The van der Waals surface area contributed by atoms with Crippen LogP contribution < -0.4 is 10.6 Å². The average molecular weight is 152 g/mol. The van der Waals surface area contributed by atoms with Crippen molar-refractivity contribution < 1.29 is 4.79 Å². The predicted octanol–water partition coefficient (Wildman–Crippen LogP) is 0.535. The molecule has 0 spiro atoms. The van der Waals surface area contributed by atoms with Crippen LogP contribution in [0.25, 0.3) is 0 Å². The summed E-state index contributed by atoms with van der Waals surface area (Å²) in [6.45, 7) is 7.09. The van der Waals surface area contributed by atoms with Crippen LogP contribution in [0.15, 0.2) is 36.7 Å². The van der Waals surface area contributed by atoms with Crippen LogP contribution in [-0.4, -0.2) is 13.5 Å². The molecule has 3 heteroatoms. The molecule has 0 heterocycles. The van der Waals surface area contributed by atoms with E-state index in [0.717, 1.165) is 5.70 Å². The van der Waals surface area contributed by atoms with Crippen molar-refractivity contribution in [3.63, 3.8) is 0 Å². The highest BCUT2D eigenvalue weighted by Crippen LogP contribution is 1.97. The second-order valence-corrected chi connectivity index (χ2v) is 1.75. The molecule has 11 heavy (non-hydrogen) atoms. The van der Waals surface area contributed by atoms with E-state index >= 15 is 0 Å². The Labute approximate surface area is 66.5 Å². The smallest absolute Gasteiger partial charge is 0.211 e. The summed E-state index contributed by atoms with van der Waals surface area (Å²) in [4.78, 5) is 10.1. The van der Waals surface area contributed by atoms with Crippen molar-refractivity contribution >= 4 is 6.41 Å². The SMILES string of the molecule is C=C/C(NC)=C(\C=C)NC=O. The van der Waals surface area contributed by atoms with Crippen LogP contribution >= 0.6 is 0 Å². The molecule has 0 aliphatic heterocycles. The van der Waals surface area contributed by atoms with E-state index < -0.39 is 0 Å². The van der Waals surface area contributed by atoms with E-state index in [9.17, 15) is 4.79 Å². The topological polar surface area (TPSA) is 41.1 Å². The summed E-state index contributed by atoms with van der Waals surface area (Å²) in [6, 6.07) is 0. The highest BCUT2D eigenvalue weighted by atomic mass is 16.1. The third-order valence-corrected chi connectivity index (χ3v) is 1.18. The van der Waals surface area contributed by atoms with Crippen molar-refractivity contribution in [3.8, 4) is 0 Å². The van der Waals surface area contributed by atoms with Crippen molar-refractivity contribution in [1.82, 2.24) is 10.6 Å². The fourth-order valence-corrected chi connectivity index (χ4v) is 0.657. The summed E-state index contributed by atoms with van der Waals surface area (Å²) in [5.41, 5.74) is 1.37. The molecule has 0 aromatic heterocycles. The van der Waals surface area contributed by atoms with Gasteiger partial charge in [0.1, 0.15) is 0 Å². The maximum Gasteiger partial charge on any atom is 0.211 e. The lowest BCUT2D eigenvalue weighted by Crippen LogP contribution is -2.16. The Balaban J connectivity index is 4.59. The Morgan fingerprint density at radius 1 is 1.27 bits per heavy atom. The van der Waals surface area contributed by atoms with Gasteiger partial charge in [-0.15, -0.1) is 0 Å². The maximum atomic E-state index is 10.1. The number of hydrogen-bond donors (Lipinski definition) is 2. The largest absolute Gasteiger partial charge is 0.386 e. The summed E-state index contributed by atoms with van der Waals surface area (Å²) in [7, 11) is 1.74.